The molecule has 0 amide bonds. The smallest absolute Gasteiger partial charge is 1.00 e. The molecule has 0 aliphatic heterocycles. The van der Waals surface area contributed by atoms with E-state index in [0.717, 1.165) is 0 Å². The minimum Gasteiger partial charge on any atom is -1.00 e. The number of halogens is 16. The first-order chi connectivity index (χ1) is 18.9. The van der Waals surface area contributed by atoms with Crippen LogP contribution in [-0.2, 0) is 21.8 Å². The van der Waals surface area contributed by atoms with E-state index in [9.17, 15) is 0 Å². The molecule has 0 heterocycles. The molecule has 0 bridgehead atoms. The zero-order valence-corrected chi connectivity index (χ0v) is 35.8. The fraction of sp³-hybridized carbons (Fsp3) is 0. The van der Waals surface area contributed by atoms with Gasteiger partial charge in [-0.05, 0) is 72.8 Å². The Labute approximate surface area is 349 Å². The Morgan fingerprint density at radius 3 is 0.375 bits per heavy atom. The maximum atomic E-state index is 2.21. The van der Waals surface area contributed by atoms with Crippen molar-refractivity contribution in [1.29, 1.82) is 0 Å². The van der Waals surface area contributed by atoms with Crippen LogP contribution in [0.5, 0.6) is 0 Å². The van der Waals surface area contributed by atoms with Crippen LogP contribution < -0.4 is 23.5 Å². The van der Waals surface area contributed by atoms with Crippen molar-refractivity contribution in [1.82, 2.24) is 0 Å². The quantitative estimate of drug-likeness (QED) is 0.0891. The number of rotatable bonds is 6. The maximum absolute atomic E-state index is 2.21. The van der Waals surface area contributed by atoms with Crippen LogP contribution in [0.3, 0.4) is 0 Å². The van der Waals surface area contributed by atoms with E-state index in [0.29, 0.717) is 0 Å². The van der Waals surface area contributed by atoms with Crippen molar-refractivity contribution in [2.75, 3.05) is 0 Å². The predicted octanol–water partition coefficient (Wildman–Crippen LogP) is -5.30. The molecule has 0 aromatic heterocycles. The second-order valence-corrected chi connectivity index (χ2v) is 12.5. The van der Waals surface area contributed by atoms with E-state index in [1.807, 2.05) is 0 Å². The van der Waals surface area contributed by atoms with Crippen LogP contribution in [0.2, 0.25) is 0 Å². The summed E-state index contributed by atoms with van der Waals surface area (Å²) in [7, 11) is -0.0293. The monoisotopic (exact) mass is 1040 g/mol. The van der Waals surface area contributed by atoms with Crippen LogP contribution in [0.25, 0.3) is 0 Å². The van der Waals surface area contributed by atoms with Gasteiger partial charge in [0.25, 0.3) is 0 Å². The Morgan fingerprint density at radius 1 is 0.196 bits per heavy atom. The van der Waals surface area contributed by atoms with Gasteiger partial charge in [-0.15, -0.1) is 0 Å². The first-order valence-electron chi connectivity index (χ1n) is 12.7. The molecule has 1 unspecified atom stereocenters. The Hall–Kier alpha value is -3.72. The van der Waals surface area contributed by atoms with Gasteiger partial charge in [0.2, 0.25) is 0 Å². The summed E-state index contributed by atoms with van der Waals surface area (Å²) >= 11 is 0. The predicted molar refractivity (Wildman–Crippen MR) is 206 cm³/mol. The largest absolute Gasteiger partial charge is 3.00 e. The standard InChI is InChI=1S/2C18H15S.AsH3.16FH.Sb/c2*1-4-10-16(11-5-1)19(17-12-6-2-7-13-17)18-14-8-3-9-15-18;;;;;;;;;;;;;;;;;;/h2*1-15H;1H3;16*1H;/q2*+1;;;;;;;;;;;;;;;;;;+3/p-5. The normalized spacial score (nSPS) is 7.18. The van der Waals surface area contributed by atoms with Gasteiger partial charge in [0.05, 0.1) is 21.8 Å². The van der Waals surface area contributed by atoms with E-state index in [-0.39, 0.29) is 139 Å². The Balaban J connectivity index is -0.0000000397. The van der Waals surface area contributed by atoms with Gasteiger partial charge >= 0.3 is 42.4 Å². The molecular formula is C36H44AsF16S2Sb. The molecule has 0 saturated heterocycles. The van der Waals surface area contributed by atoms with Gasteiger partial charge in [-0.1, -0.05) is 109 Å². The summed E-state index contributed by atoms with van der Waals surface area (Å²) in [6.07, 6.45) is 0. The summed E-state index contributed by atoms with van der Waals surface area (Å²) in [6.45, 7) is 0. The molecule has 0 aliphatic carbocycles. The number of hydrogen-bond donors (Lipinski definition) is 0. The zero-order valence-electron chi connectivity index (χ0n) is 28.7. The first-order valence-corrected chi connectivity index (χ1v) is 15.1. The summed E-state index contributed by atoms with van der Waals surface area (Å²) in [5.74, 6) is 0. The zero-order chi connectivity index (χ0) is 25.8. The van der Waals surface area contributed by atoms with Crippen LogP contribution in [0.1, 0.15) is 0 Å². The molecule has 0 spiro atoms. The fourth-order valence-electron chi connectivity index (χ4n) is 4.16. The molecular weight excluding hydrogens is 997 g/mol. The molecule has 0 nitrogen and oxygen atoms in total. The molecule has 0 aliphatic rings. The van der Waals surface area contributed by atoms with Gasteiger partial charge in [0.1, 0.15) is 0 Å². The third-order valence-electron chi connectivity index (χ3n) is 5.87. The molecule has 0 fully saturated rings. The molecule has 0 N–H and O–H groups in total. The Morgan fingerprint density at radius 2 is 0.286 bits per heavy atom. The molecule has 6 aromatic rings. The third-order valence-corrected chi connectivity index (χ3v) is 10.3. The molecule has 20 heteroatoms. The molecule has 6 rings (SSSR count). The molecule has 1 atom stereocenters. The van der Waals surface area contributed by atoms with E-state index >= 15 is 0 Å². The van der Waals surface area contributed by atoms with Gasteiger partial charge in [0, 0.05) is 0 Å². The van der Waals surface area contributed by atoms with Crippen LogP contribution in [0.4, 0.5) is 51.7 Å². The molecule has 6 aromatic carbocycles. The molecule has 322 valence electrons. The third kappa shape index (κ3) is 26.2. The summed E-state index contributed by atoms with van der Waals surface area (Å²) in [4.78, 5) is 8.17. The maximum Gasteiger partial charge on any atom is 3.00 e. The summed E-state index contributed by atoms with van der Waals surface area (Å²) < 4.78 is 0. The summed E-state index contributed by atoms with van der Waals surface area (Å²) in [6, 6.07) is 64.3. The SMILES string of the molecule is F.F.F.F.F.F.F.F.F.F.F.[AsH3].[F-].[F-].[F-].[F-].[F-].[Sb+3].c1ccc([S+](c2ccccc2)c2ccccc2)cc1.c1ccc([S+](c2ccccc2)c2ccccc2)cc1. The van der Waals surface area contributed by atoms with Crippen LogP contribution in [0.15, 0.2) is 211 Å². The van der Waals surface area contributed by atoms with E-state index in [1.54, 1.807) is 0 Å². The van der Waals surface area contributed by atoms with Crippen molar-refractivity contribution in [3.05, 3.63) is 182 Å². The van der Waals surface area contributed by atoms with Crippen LogP contribution in [-0.4, -0.2) is 42.4 Å². The second-order valence-electron chi connectivity index (χ2n) is 8.49. The average molecular weight is 1040 g/mol. The minimum atomic E-state index is -0.0146. The minimum absolute atomic E-state index is 0. The van der Waals surface area contributed by atoms with Crippen LogP contribution >= 0.6 is 0 Å². The van der Waals surface area contributed by atoms with Crippen molar-refractivity contribution < 1.29 is 75.3 Å². The van der Waals surface area contributed by atoms with Gasteiger partial charge in [-0.2, -0.15) is 0 Å². The molecule has 0 saturated carbocycles. The number of hydrogen-bond acceptors (Lipinski definition) is 0. The molecule has 56 heavy (non-hydrogen) atoms. The van der Waals surface area contributed by atoms with Crippen molar-refractivity contribution in [2.24, 2.45) is 0 Å². The summed E-state index contributed by atoms with van der Waals surface area (Å²) in [5.41, 5.74) is 0. The van der Waals surface area contributed by atoms with E-state index in [2.05, 4.69) is 182 Å². The van der Waals surface area contributed by atoms with Gasteiger partial charge < -0.3 is 23.5 Å². The fourth-order valence-corrected chi connectivity index (χ4v) is 8.36. The van der Waals surface area contributed by atoms with E-state index in [4.69, 9.17) is 0 Å². The first kappa shape index (κ1) is 93.8. The van der Waals surface area contributed by atoms with Gasteiger partial charge in [-0.25, -0.2) is 0 Å². The van der Waals surface area contributed by atoms with E-state index < -0.39 is 0 Å². The van der Waals surface area contributed by atoms with Crippen molar-refractivity contribution in [2.45, 2.75) is 29.4 Å². The van der Waals surface area contributed by atoms with Gasteiger partial charge in [-0.3, -0.25) is 51.7 Å². The Kier molecular flexibility index (Phi) is 85.9. The Bertz CT molecular complexity index is 1230. The molecule has 2 radical (unpaired) electrons. The summed E-state index contributed by atoms with van der Waals surface area (Å²) in [5, 5.41) is 0. The topological polar surface area (TPSA) is 0 Å². The number of benzene rings is 6. The second kappa shape index (κ2) is 51.3. The van der Waals surface area contributed by atoms with Crippen molar-refractivity contribution in [3.63, 3.8) is 0 Å². The average Bonchev–Trinajstić information content (AvgIpc) is 3.01. The van der Waals surface area contributed by atoms with Crippen molar-refractivity contribution >= 4 is 64.2 Å². The van der Waals surface area contributed by atoms with Crippen molar-refractivity contribution in [3.8, 4) is 0 Å². The van der Waals surface area contributed by atoms with Crippen LogP contribution in [0, 0.1) is 0 Å². The van der Waals surface area contributed by atoms with E-state index in [1.165, 1.54) is 29.4 Å². The van der Waals surface area contributed by atoms with Gasteiger partial charge in [0.15, 0.2) is 29.4 Å².